The molecular weight excluding hydrogens is 302 g/mol. The molecule has 0 saturated carbocycles. The van der Waals surface area contributed by atoms with Crippen LogP contribution in [0.25, 0.3) is 0 Å². The first kappa shape index (κ1) is 15.2. The molecule has 0 heterocycles. The molecule has 0 aliphatic heterocycles. The number of phenolic OH excluding ortho intramolecular Hbond substituents is 1. The van der Waals surface area contributed by atoms with E-state index in [1.807, 2.05) is 0 Å². The van der Waals surface area contributed by atoms with Crippen molar-refractivity contribution in [3.05, 3.63) is 22.2 Å². The Bertz CT molecular complexity index is 387. The van der Waals surface area contributed by atoms with Crippen LogP contribution in [0.1, 0.15) is 5.56 Å². The topological polar surface area (TPSA) is 71.0 Å². The third-order valence-electron chi connectivity index (χ3n) is 2.49. The standard InChI is InChI=1S/C12H18BrNO4/c1-17-7-9(6-15)14-5-8-3-10(13)12(16)11(4-8)18-2/h3-4,9,14-16H,5-7H2,1-2H3. The van der Waals surface area contributed by atoms with E-state index < -0.39 is 0 Å². The largest absolute Gasteiger partial charge is 0.503 e. The number of phenols is 1. The second kappa shape index (κ2) is 7.58. The fourth-order valence-corrected chi connectivity index (χ4v) is 2.01. The van der Waals surface area contributed by atoms with Gasteiger partial charge in [-0.15, -0.1) is 0 Å². The molecule has 0 aliphatic rings. The van der Waals surface area contributed by atoms with Gasteiger partial charge in [0.05, 0.1) is 30.8 Å². The van der Waals surface area contributed by atoms with E-state index in [2.05, 4.69) is 21.2 Å². The highest BCUT2D eigenvalue weighted by Gasteiger charge is 2.10. The summed E-state index contributed by atoms with van der Waals surface area (Å²) in [4.78, 5) is 0. The zero-order valence-electron chi connectivity index (χ0n) is 10.4. The Balaban J connectivity index is 2.70. The molecule has 0 aliphatic carbocycles. The van der Waals surface area contributed by atoms with Crippen molar-refractivity contribution in [2.24, 2.45) is 0 Å². The highest BCUT2D eigenvalue weighted by atomic mass is 79.9. The van der Waals surface area contributed by atoms with Gasteiger partial charge in [-0.1, -0.05) is 0 Å². The number of aliphatic hydroxyl groups is 1. The van der Waals surface area contributed by atoms with Crippen LogP contribution in [0.5, 0.6) is 11.5 Å². The number of hydrogen-bond acceptors (Lipinski definition) is 5. The molecule has 1 aromatic rings. The minimum atomic E-state index is -0.117. The minimum absolute atomic E-state index is 0.00419. The normalized spacial score (nSPS) is 12.4. The Labute approximate surface area is 115 Å². The second-order valence-corrected chi connectivity index (χ2v) is 4.70. The third-order valence-corrected chi connectivity index (χ3v) is 3.10. The van der Waals surface area contributed by atoms with Gasteiger partial charge in [0.15, 0.2) is 11.5 Å². The van der Waals surface area contributed by atoms with Gasteiger partial charge in [-0.05, 0) is 33.6 Å². The molecule has 0 bridgehead atoms. The number of hydrogen-bond donors (Lipinski definition) is 3. The number of aliphatic hydroxyl groups excluding tert-OH is 1. The first-order chi connectivity index (χ1) is 8.62. The summed E-state index contributed by atoms with van der Waals surface area (Å²) in [6.07, 6.45) is 0. The number of nitrogens with one attached hydrogen (secondary N) is 1. The summed E-state index contributed by atoms with van der Waals surface area (Å²) in [6.45, 7) is 0.987. The van der Waals surface area contributed by atoms with E-state index in [1.54, 1.807) is 19.2 Å². The van der Waals surface area contributed by atoms with Gasteiger partial charge in [-0.3, -0.25) is 0 Å². The molecular formula is C12H18BrNO4. The Morgan fingerprint density at radius 1 is 1.39 bits per heavy atom. The van der Waals surface area contributed by atoms with Crippen LogP contribution in [0.3, 0.4) is 0 Å². The molecule has 18 heavy (non-hydrogen) atoms. The summed E-state index contributed by atoms with van der Waals surface area (Å²) in [6, 6.07) is 3.43. The van der Waals surface area contributed by atoms with Crippen LogP contribution >= 0.6 is 15.9 Å². The van der Waals surface area contributed by atoms with Crippen molar-refractivity contribution < 1.29 is 19.7 Å². The van der Waals surface area contributed by atoms with Crippen LogP contribution in [-0.2, 0) is 11.3 Å². The molecule has 102 valence electrons. The number of methoxy groups -OCH3 is 2. The van der Waals surface area contributed by atoms with Crippen molar-refractivity contribution in [1.29, 1.82) is 0 Å². The summed E-state index contributed by atoms with van der Waals surface area (Å²) >= 11 is 3.26. The van der Waals surface area contributed by atoms with Gasteiger partial charge in [0.2, 0.25) is 0 Å². The highest BCUT2D eigenvalue weighted by Crippen LogP contribution is 2.35. The van der Waals surface area contributed by atoms with E-state index in [1.165, 1.54) is 7.11 Å². The maximum absolute atomic E-state index is 9.68. The molecule has 0 spiro atoms. The van der Waals surface area contributed by atoms with Crippen LogP contribution in [0.4, 0.5) is 0 Å². The van der Waals surface area contributed by atoms with Crippen molar-refractivity contribution in [2.75, 3.05) is 27.4 Å². The van der Waals surface area contributed by atoms with Gasteiger partial charge in [-0.25, -0.2) is 0 Å². The smallest absolute Gasteiger partial charge is 0.172 e. The number of halogens is 1. The first-order valence-corrected chi connectivity index (χ1v) is 6.30. The zero-order chi connectivity index (χ0) is 13.5. The molecule has 1 rings (SSSR count). The van der Waals surface area contributed by atoms with Crippen molar-refractivity contribution in [2.45, 2.75) is 12.6 Å². The summed E-state index contributed by atoms with van der Waals surface area (Å²) in [5.41, 5.74) is 0.936. The SMILES string of the molecule is COCC(CO)NCc1cc(Br)c(O)c(OC)c1. The number of ether oxygens (including phenoxy) is 2. The summed E-state index contributed by atoms with van der Waals surface area (Å²) < 4.78 is 10.6. The molecule has 5 nitrogen and oxygen atoms in total. The molecule has 6 heteroatoms. The predicted octanol–water partition coefficient (Wildman–Crippen LogP) is 1.26. The maximum atomic E-state index is 9.68. The van der Waals surface area contributed by atoms with Gasteiger partial charge in [0, 0.05) is 13.7 Å². The molecule has 0 aromatic heterocycles. The van der Waals surface area contributed by atoms with Crippen LogP contribution in [0, 0.1) is 0 Å². The predicted molar refractivity (Wildman–Crippen MR) is 71.9 cm³/mol. The Morgan fingerprint density at radius 2 is 2.11 bits per heavy atom. The zero-order valence-corrected chi connectivity index (χ0v) is 12.0. The third kappa shape index (κ3) is 4.13. The van der Waals surface area contributed by atoms with Gasteiger partial charge in [0.25, 0.3) is 0 Å². The fraction of sp³-hybridized carbons (Fsp3) is 0.500. The summed E-state index contributed by atoms with van der Waals surface area (Å²) in [5.74, 6) is 0.491. The lowest BCUT2D eigenvalue weighted by molar-refractivity contribution is 0.128. The molecule has 0 fully saturated rings. The lowest BCUT2D eigenvalue weighted by Crippen LogP contribution is -2.35. The monoisotopic (exact) mass is 319 g/mol. The van der Waals surface area contributed by atoms with Crippen LogP contribution in [-0.4, -0.2) is 43.7 Å². The Morgan fingerprint density at radius 3 is 2.67 bits per heavy atom. The van der Waals surface area contributed by atoms with E-state index in [0.717, 1.165) is 5.56 Å². The van der Waals surface area contributed by atoms with Crippen molar-refractivity contribution in [3.8, 4) is 11.5 Å². The van der Waals surface area contributed by atoms with Crippen LogP contribution in [0.15, 0.2) is 16.6 Å². The molecule has 1 aromatic carbocycles. The molecule has 0 saturated heterocycles. The second-order valence-electron chi connectivity index (χ2n) is 3.84. The molecule has 1 unspecified atom stereocenters. The number of aromatic hydroxyl groups is 1. The maximum Gasteiger partial charge on any atom is 0.172 e. The van der Waals surface area contributed by atoms with Gasteiger partial charge in [0.1, 0.15) is 0 Å². The van der Waals surface area contributed by atoms with E-state index in [9.17, 15) is 5.11 Å². The summed E-state index contributed by atoms with van der Waals surface area (Å²) in [7, 11) is 3.09. The Kier molecular flexibility index (Phi) is 6.42. The van der Waals surface area contributed by atoms with Crippen LogP contribution in [0.2, 0.25) is 0 Å². The van der Waals surface area contributed by atoms with E-state index in [4.69, 9.17) is 14.6 Å². The first-order valence-electron chi connectivity index (χ1n) is 5.51. The number of benzene rings is 1. The van der Waals surface area contributed by atoms with Gasteiger partial charge in [-0.2, -0.15) is 0 Å². The molecule has 1 atom stereocenters. The highest BCUT2D eigenvalue weighted by molar-refractivity contribution is 9.10. The average molecular weight is 320 g/mol. The van der Waals surface area contributed by atoms with E-state index in [0.29, 0.717) is 23.4 Å². The summed E-state index contributed by atoms with van der Waals surface area (Å²) in [5, 5.41) is 21.9. The van der Waals surface area contributed by atoms with Gasteiger partial charge < -0.3 is 25.0 Å². The Hall–Kier alpha value is -0.820. The van der Waals surface area contributed by atoms with Gasteiger partial charge >= 0.3 is 0 Å². The van der Waals surface area contributed by atoms with Crippen LogP contribution < -0.4 is 10.1 Å². The lowest BCUT2D eigenvalue weighted by Gasteiger charge is -2.16. The van der Waals surface area contributed by atoms with Crippen molar-refractivity contribution in [3.63, 3.8) is 0 Å². The number of rotatable bonds is 7. The van der Waals surface area contributed by atoms with Crippen molar-refractivity contribution in [1.82, 2.24) is 5.32 Å². The minimum Gasteiger partial charge on any atom is -0.503 e. The van der Waals surface area contributed by atoms with E-state index >= 15 is 0 Å². The molecule has 3 N–H and O–H groups in total. The van der Waals surface area contributed by atoms with Crippen molar-refractivity contribution >= 4 is 15.9 Å². The fourth-order valence-electron chi connectivity index (χ4n) is 1.52. The van der Waals surface area contributed by atoms with E-state index in [-0.39, 0.29) is 18.4 Å². The molecule has 0 amide bonds. The quantitative estimate of drug-likeness (QED) is 0.706. The average Bonchev–Trinajstić information content (AvgIpc) is 2.38. The molecule has 0 radical (unpaired) electrons. The lowest BCUT2D eigenvalue weighted by atomic mass is 10.2.